The topological polar surface area (TPSA) is 52.0 Å². The second-order valence-corrected chi connectivity index (χ2v) is 5.05. The average Bonchev–Trinajstić information content (AvgIpc) is 2.78. The molecule has 0 fully saturated rings. The van der Waals surface area contributed by atoms with E-state index in [4.69, 9.17) is 4.74 Å². The van der Waals surface area contributed by atoms with Crippen molar-refractivity contribution in [2.24, 2.45) is 0 Å². The molecule has 1 N–H and O–H groups in total. The van der Waals surface area contributed by atoms with Gasteiger partial charge in [0.05, 0.1) is 12.2 Å². The van der Waals surface area contributed by atoms with E-state index in [0.29, 0.717) is 13.2 Å². The Hall–Kier alpha value is -1.15. The van der Waals surface area contributed by atoms with Gasteiger partial charge in [0.25, 0.3) is 0 Å². The molecule has 18 heavy (non-hydrogen) atoms. The maximum Gasteiger partial charge on any atom is 0.120 e. The van der Waals surface area contributed by atoms with Gasteiger partial charge in [0.15, 0.2) is 0 Å². The minimum atomic E-state index is 0.586. The zero-order valence-electron chi connectivity index (χ0n) is 10.1. The van der Waals surface area contributed by atoms with E-state index in [0.717, 1.165) is 18.0 Å². The van der Waals surface area contributed by atoms with E-state index < -0.39 is 0 Å². The molecular weight excluding hydrogens is 343 g/mol. The molecule has 0 radical (unpaired) electrons. The maximum absolute atomic E-state index is 5.65. The molecule has 1 heterocycles. The van der Waals surface area contributed by atoms with Crippen LogP contribution in [-0.2, 0) is 13.1 Å². The first-order valence-electron chi connectivity index (χ1n) is 5.70. The highest BCUT2D eigenvalue weighted by molar-refractivity contribution is 14.1. The van der Waals surface area contributed by atoms with Crippen LogP contribution in [0.1, 0.15) is 5.69 Å². The van der Waals surface area contributed by atoms with Gasteiger partial charge in [-0.1, -0.05) is 11.3 Å². The van der Waals surface area contributed by atoms with Crippen LogP contribution in [0.4, 0.5) is 0 Å². The first-order valence-corrected chi connectivity index (χ1v) is 6.78. The van der Waals surface area contributed by atoms with Gasteiger partial charge in [-0.05, 0) is 47.8 Å². The van der Waals surface area contributed by atoms with Gasteiger partial charge < -0.3 is 10.1 Å². The van der Waals surface area contributed by atoms with Crippen molar-refractivity contribution in [3.63, 3.8) is 0 Å². The largest absolute Gasteiger partial charge is 0.492 e. The van der Waals surface area contributed by atoms with Crippen LogP contribution in [0.15, 0.2) is 30.5 Å². The number of aromatic nitrogens is 3. The highest BCUT2D eigenvalue weighted by Gasteiger charge is 2.00. The van der Waals surface area contributed by atoms with E-state index in [1.165, 1.54) is 3.57 Å². The Morgan fingerprint density at radius 2 is 2.33 bits per heavy atom. The number of hydrogen-bond acceptors (Lipinski definition) is 4. The monoisotopic (exact) mass is 358 g/mol. The summed E-state index contributed by atoms with van der Waals surface area (Å²) in [5.41, 5.74) is 0.937. The summed E-state index contributed by atoms with van der Waals surface area (Å²) in [6.07, 6.45) is 1.93. The molecule has 0 atom stereocenters. The molecule has 0 aliphatic rings. The molecule has 2 aromatic rings. The summed E-state index contributed by atoms with van der Waals surface area (Å²) in [5.74, 6) is 0.887. The third-order valence-corrected chi connectivity index (χ3v) is 3.00. The third kappa shape index (κ3) is 3.95. The molecule has 5 nitrogen and oxygen atoms in total. The standard InChI is InChI=1S/C12H15IN4O/c1-14-8-11-9-17(16-15-11)5-6-18-12-4-2-3-10(13)7-12/h2-4,7,9,14H,5-6,8H2,1H3. The minimum absolute atomic E-state index is 0.586. The second-order valence-electron chi connectivity index (χ2n) is 3.81. The summed E-state index contributed by atoms with van der Waals surface area (Å²) >= 11 is 2.27. The van der Waals surface area contributed by atoms with Gasteiger partial charge in [0, 0.05) is 16.3 Å². The molecular formula is C12H15IN4O. The minimum Gasteiger partial charge on any atom is -0.492 e. The van der Waals surface area contributed by atoms with Gasteiger partial charge in [-0.25, -0.2) is 4.68 Å². The summed E-state index contributed by atoms with van der Waals surface area (Å²) in [6.45, 7) is 2.02. The molecule has 0 aliphatic heterocycles. The number of nitrogens with zero attached hydrogens (tertiary/aromatic N) is 3. The van der Waals surface area contributed by atoms with Gasteiger partial charge in [0.2, 0.25) is 0 Å². The number of rotatable bonds is 6. The maximum atomic E-state index is 5.65. The first kappa shape index (κ1) is 13.3. The molecule has 0 saturated carbocycles. The van der Waals surface area contributed by atoms with Crippen molar-refractivity contribution in [1.29, 1.82) is 0 Å². The third-order valence-electron chi connectivity index (χ3n) is 2.33. The predicted molar refractivity (Wildman–Crippen MR) is 77.4 cm³/mol. The number of nitrogens with one attached hydrogen (secondary N) is 1. The fraction of sp³-hybridized carbons (Fsp3) is 0.333. The van der Waals surface area contributed by atoms with E-state index in [1.54, 1.807) is 4.68 Å². The Morgan fingerprint density at radius 3 is 3.11 bits per heavy atom. The second kappa shape index (κ2) is 6.69. The molecule has 0 amide bonds. The van der Waals surface area contributed by atoms with Crippen molar-refractivity contribution >= 4 is 22.6 Å². The number of ether oxygens (including phenoxy) is 1. The van der Waals surface area contributed by atoms with E-state index in [1.807, 2.05) is 37.5 Å². The Bertz CT molecular complexity index is 500. The average molecular weight is 358 g/mol. The fourth-order valence-electron chi connectivity index (χ4n) is 1.52. The Kier molecular flexibility index (Phi) is 4.94. The molecule has 0 unspecified atom stereocenters. The summed E-state index contributed by atoms with van der Waals surface area (Å²) in [5, 5.41) is 11.1. The van der Waals surface area contributed by atoms with E-state index >= 15 is 0 Å². The van der Waals surface area contributed by atoms with Crippen LogP contribution in [0.25, 0.3) is 0 Å². The highest BCUT2D eigenvalue weighted by atomic mass is 127. The number of halogens is 1. The van der Waals surface area contributed by atoms with Gasteiger partial charge in [-0.2, -0.15) is 0 Å². The lowest BCUT2D eigenvalue weighted by Crippen LogP contribution is -2.09. The molecule has 2 rings (SSSR count). The van der Waals surface area contributed by atoms with Gasteiger partial charge in [-0.15, -0.1) is 5.10 Å². The Balaban J connectivity index is 1.81. The normalized spacial score (nSPS) is 10.6. The molecule has 96 valence electrons. The highest BCUT2D eigenvalue weighted by Crippen LogP contribution is 2.14. The SMILES string of the molecule is CNCc1cn(CCOc2cccc(I)c2)nn1. The van der Waals surface area contributed by atoms with Crippen molar-refractivity contribution in [2.45, 2.75) is 13.1 Å². The number of hydrogen-bond donors (Lipinski definition) is 1. The summed E-state index contributed by atoms with van der Waals surface area (Å²) in [4.78, 5) is 0. The van der Waals surface area contributed by atoms with Crippen LogP contribution < -0.4 is 10.1 Å². The molecule has 0 spiro atoms. The van der Waals surface area contributed by atoms with Crippen LogP contribution in [-0.4, -0.2) is 28.6 Å². The summed E-state index contributed by atoms with van der Waals surface area (Å²) in [7, 11) is 1.89. The Morgan fingerprint density at radius 1 is 1.44 bits per heavy atom. The number of benzene rings is 1. The van der Waals surface area contributed by atoms with E-state index in [9.17, 15) is 0 Å². The van der Waals surface area contributed by atoms with Gasteiger partial charge in [-0.3, -0.25) is 0 Å². The molecule has 0 saturated heterocycles. The zero-order valence-corrected chi connectivity index (χ0v) is 12.3. The van der Waals surface area contributed by atoms with E-state index in [-0.39, 0.29) is 0 Å². The van der Waals surface area contributed by atoms with Crippen molar-refractivity contribution < 1.29 is 4.74 Å². The van der Waals surface area contributed by atoms with Crippen LogP contribution in [0, 0.1) is 3.57 Å². The lowest BCUT2D eigenvalue weighted by Gasteiger charge is -2.05. The van der Waals surface area contributed by atoms with Gasteiger partial charge >= 0.3 is 0 Å². The quantitative estimate of drug-likeness (QED) is 0.799. The lowest BCUT2D eigenvalue weighted by molar-refractivity contribution is 0.289. The van der Waals surface area contributed by atoms with Crippen LogP contribution >= 0.6 is 22.6 Å². The van der Waals surface area contributed by atoms with Crippen LogP contribution in [0.2, 0.25) is 0 Å². The predicted octanol–water partition coefficient (Wildman–Crippen LogP) is 1.68. The van der Waals surface area contributed by atoms with E-state index in [2.05, 4.69) is 38.2 Å². The zero-order chi connectivity index (χ0) is 12.8. The van der Waals surface area contributed by atoms with Crippen molar-refractivity contribution in [3.05, 3.63) is 39.7 Å². The van der Waals surface area contributed by atoms with Crippen LogP contribution in [0.3, 0.4) is 0 Å². The summed E-state index contributed by atoms with van der Waals surface area (Å²) in [6, 6.07) is 7.98. The molecule has 1 aromatic carbocycles. The fourth-order valence-corrected chi connectivity index (χ4v) is 2.04. The van der Waals surface area contributed by atoms with Crippen molar-refractivity contribution in [3.8, 4) is 5.75 Å². The molecule has 6 heteroatoms. The Labute approximate surface area is 120 Å². The lowest BCUT2D eigenvalue weighted by atomic mass is 10.3. The summed E-state index contributed by atoms with van der Waals surface area (Å²) < 4.78 is 8.61. The first-order chi connectivity index (χ1) is 8.78. The molecule has 0 aliphatic carbocycles. The van der Waals surface area contributed by atoms with Crippen molar-refractivity contribution in [1.82, 2.24) is 20.3 Å². The van der Waals surface area contributed by atoms with Crippen molar-refractivity contribution in [2.75, 3.05) is 13.7 Å². The molecule has 1 aromatic heterocycles. The van der Waals surface area contributed by atoms with Crippen LogP contribution in [0.5, 0.6) is 5.75 Å². The smallest absolute Gasteiger partial charge is 0.120 e. The molecule has 0 bridgehead atoms. The van der Waals surface area contributed by atoms with Gasteiger partial charge in [0.1, 0.15) is 12.4 Å².